The molecule has 0 bridgehead atoms. The Bertz CT molecular complexity index is 443. The van der Waals surface area contributed by atoms with E-state index >= 15 is 0 Å². The Morgan fingerprint density at radius 3 is 2.78 bits per heavy atom. The number of phenolic OH excluding ortho intramolecular Hbond substituents is 2. The Labute approximate surface area is 106 Å². The fourth-order valence-corrected chi connectivity index (χ4v) is 1.29. The van der Waals surface area contributed by atoms with E-state index in [1.807, 2.05) is 6.92 Å². The standard InChI is InChI=1S/C13H17NO4/c1-9(2)8-18-6-5-14-13(17)11-4-3-10(15)7-12(11)16/h3-4,7,15-16H,1,5-6,8H2,2H3,(H,14,17). The number of hydrogen-bond donors (Lipinski definition) is 3. The van der Waals surface area contributed by atoms with Crippen molar-refractivity contribution in [2.24, 2.45) is 0 Å². The largest absolute Gasteiger partial charge is 0.508 e. The fourth-order valence-electron chi connectivity index (χ4n) is 1.29. The molecular formula is C13H17NO4. The predicted octanol–water partition coefficient (Wildman–Crippen LogP) is 1.42. The van der Waals surface area contributed by atoms with Crippen LogP contribution in [0.25, 0.3) is 0 Å². The van der Waals surface area contributed by atoms with Crippen LogP contribution in [0, 0.1) is 0 Å². The van der Waals surface area contributed by atoms with Crippen LogP contribution in [-0.4, -0.2) is 35.9 Å². The van der Waals surface area contributed by atoms with Gasteiger partial charge in [0, 0.05) is 12.6 Å². The molecule has 0 aliphatic heterocycles. The highest BCUT2D eigenvalue weighted by Gasteiger charge is 2.10. The molecule has 1 aromatic carbocycles. The van der Waals surface area contributed by atoms with Crippen molar-refractivity contribution in [2.75, 3.05) is 19.8 Å². The fraction of sp³-hybridized carbons (Fsp3) is 0.308. The lowest BCUT2D eigenvalue weighted by Gasteiger charge is -2.07. The lowest BCUT2D eigenvalue weighted by atomic mass is 10.2. The van der Waals surface area contributed by atoms with E-state index in [4.69, 9.17) is 9.84 Å². The Morgan fingerprint density at radius 1 is 1.44 bits per heavy atom. The SMILES string of the molecule is C=C(C)COCCNC(=O)c1ccc(O)cc1O. The molecule has 0 aliphatic carbocycles. The molecule has 5 heteroatoms. The molecule has 0 fully saturated rings. The van der Waals surface area contributed by atoms with Crippen molar-refractivity contribution in [1.29, 1.82) is 0 Å². The van der Waals surface area contributed by atoms with E-state index in [2.05, 4.69) is 11.9 Å². The number of phenols is 2. The first-order valence-corrected chi connectivity index (χ1v) is 5.53. The summed E-state index contributed by atoms with van der Waals surface area (Å²) in [6.45, 7) is 6.71. The zero-order chi connectivity index (χ0) is 13.5. The van der Waals surface area contributed by atoms with Gasteiger partial charge in [-0.05, 0) is 19.1 Å². The van der Waals surface area contributed by atoms with Crippen LogP contribution in [0.15, 0.2) is 30.4 Å². The first-order valence-electron chi connectivity index (χ1n) is 5.53. The number of ether oxygens (including phenoxy) is 1. The van der Waals surface area contributed by atoms with E-state index < -0.39 is 5.91 Å². The minimum atomic E-state index is -0.411. The molecule has 0 heterocycles. The quantitative estimate of drug-likeness (QED) is 0.528. The van der Waals surface area contributed by atoms with Gasteiger partial charge in [-0.15, -0.1) is 0 Å². The Balaban J connectivity index is 2.39. The first kappa shape index (κ1) is 14.1. The molecule has 0 aliphatic rings. The van der Waals surface area contributed by atoms with Gasteiger partial charge in [-0.2, -0.15) is 0 Å². The molecule has 0 spiro atoms. The molecule has 0 aromatic heterocycles. The van der Waals surface area contributed by atoms with Crippen LogP contribution in [0.5, 0.6) is 11.5 Å². The van der Waals surface area contributed by atoms with Gasteiger partial charge in [0.25, 0.3) is 5.91 Å². The number of benzene rings is 1. The molecule has 0 radical (unpaired) electrons. The van der Waals surface area contributed by atoms with Crippen molar-refractivity contribution in [3.63, 3.8) is 0 Å². The third-order valence-electron chi connectivity index (χ3n) is 2.11. The van der Waals surface area contributed by atoms with Crippen LogP contribution in [-0.2, 0) is 4.74 Å². The minimum absolute atomic E-state index is 0.0890. The van der Waals surface area contributed by atoms with E-state index in [0.29, 0.717) is 19.8 Å². The normalized spacial score (nSPS) is 10.1. The second-order valence-corrected chi connectivity index (χ2v) is 3.97. The summed E-state index contributed by atoms with van der Waals surface area (Å²) >= 11 is 0. The van der Waals surface area contributed by atoms with E-state index in [-0.39, 0.29) is 17.1 Å². The molecule has 0 saturated carbocycles. The van der Waals surface area contributed by atoms with Gasteiger partial charge < -0.3 is 20.3 Å². The summed E-state index contributed by atoms with van der Waals surface area (Å²) in [5.41, 5.74) is 1.03. The van der Waals surface area contributed by atoms with Crippen LogP contribution < -0.4 is 5.32 Å². The van der Waals surface area contributed by atoms with Gasteiger partial charge in [-0.1, -0.05) is 12.2 Å². The van der Waals surface area contributed by atoms with Crippen molar-refractivity contribution in [3.05, 3.63) is 35.9 Å². The minimum Gasteiger partial charge on any atom is -0.508 e. The van der Waals surface area contributed by atoms with Crippen molar-refractivity contribution < 1.29 is 19.7 Å². The molecule has 3 N–H and O–H groups in total. The van der Waals surface area contributed by atoms with Crippen molar-refractivity contribution >= 4 is 5.91 Å². The zero-order valence-corrected chi connectivity index (χ0v) is 10.3. The maximum Gasteiger partial charge on any atom is 0.255 e. The topological polar surface area (TPSA) is 78.8 Å². The molecule has 1 aromatic rings. The van der Waals surface area contributed by atoms with E-state index in [1.54, 1.807) is 0 Å². The van der Waals surface area contributed by atoms with Crippen molar-refractivity contribution in [2.45, 2.75) is 6.92 Å². The Morgan fingerprint density at radius 2 is 2.17 bits per heavy atom. The molecular weight excluding hydrogens is 234 g/mol. The summed E-state index contributed by atoms with van der Waals surface area (Å²) in [5.74, 6) is -0.754. The number of carbonyl (C=O) groups is 1. The maximum absolute atomic E-state index is 11.6. The van der Waals surface area contributed by atoms with E-state index in [0.717, 1.165) is 11.6 Å². The molecule has 0 saturated heterocycles. The summed E-state index contributed by atoms with van der Waals surface area (Å²) in [7, 11) is 0. The summed E-state index contributed by atoms with van der Waals surface area (Å²) in [5, 5.41) is 21.2. The van der Waals surface area contributed by atoms with Crippen molar-refractivity contribution in [3.8, 4) is 11.5 Å². The maximum atomic E-state index is 11.6. The van der Waals surface area contributed by atoms with Crippen molar-refractivity contribution in [1.82, 2.24) is 5.32 Å². The number of carbonyl (C=O) groups excluding carboxylic acids is 1. The van der Waals surface area contributed by atoms with Crippen LogP contribution in [0.3, 0.4) is 0 Å². The molecule has 98 valence electrons. The van der Waals surface area contributed by atoms with Gasteiger partial charge >= 0.3 is 0 Å². The Hall–Kier alpha value is -2.01. The number of aromatic hydroxyl groups is 2. The molecule has 5 nitrogen and oxygen atoms in total. The van der Waals surface area contributed by atoms with Gasteiger partial charge in [0.2, 0.25) is 0 Å². The summed E-state index contributed by atoms with van der Waals surface area (Å²) < 4.78 is 5.21. The zero-order valence-electron chi connectivity index (χ0n) is 10.3. The molecule has 1 amide bonds. The van der Waals surface area contributed by atoms with Crippen LogP contribution in [0.2, 0.25) is 0 Å². The molecule has 0 atom stereocenters. The van der Waals surface area contributed by atoms with Crippen LogP contribution >= 0.6 is 0 Å². The first-order chi connectivity index (χ1) is 8.50. The number of amides is 1. The summed E-state index contributed by atoms with van der Waals surface area (Å²) in [4.78, 5) is 11.6. The highest BCUT2D eigenvalue weighted by molar-refractivity contribution is 5.96. The number of rotatable bonds is 6. The molecule has 18 heavy (non-hydrogen) atoms. The van der Waals surface area contributed by atoms with Gasteiger partial charge in [-0.25, -0.2) is 0 Å². The monoisotopic (exact) mass is 251 g/mol. The lowest BCUT2D eigenvalue weighted by Crippen LogP contribution is -2.27. The number of nitrogens with one attached hydrogen (secondary N) is 1. The Kier molecular flexibility index (Phi) is 5.20. The van der Waals surface area contributed by atoms with Gasteiger partial charge in [0.1, 0.15) is 11.5 Å². The highest BCUT2D eigenvalue weighted by Crippen LogP contribution is 2.22. The van der Waals surface area contributed by atoms with Gasteiger partial charge in [0.05, 0.1) is 18.8 Å². The highest BCUT2D eigenvalue weighted by atomic mass is 16.5. The third-order valence-corrected chi connectivity index (χ3v) is 2.11. The van der Waals surface area contributed by atoms with Crippen LogP contribution in [0.1, 0.15) is 17.3 Å². The summed E-state index contributed by atoms with van der Waals surface area (Å²) in [6, 6.07) is 3.81. The van der Waals surface area contributed by atoms with Crippen LogP contribution in [0.4, 0.5) is 0 Å². The molecule has 0 unspecified atom stereocenters. The lowest BCUT2D eigenvalue weighted by molar-refractivity contribution is 0.0924. The second-order valence-electron chi connectivity index (χ2n) is 3.97. The second kappa shape index (κ2) is 6.66. The third kappa shape index (κ3) is 4.47. The summed E-state index contributed by atoms with van der Waals surface area (Å²) in [6.07, 6.45) is 0. The van der Waals surface area contributed by atoms with E-state index in [1.165, 1.54) is 12.1 Å². The smallest absolute Gasteiger partial charge is 0.255 e. The predicted molar refractivity (Wildman–Crippen MR) is 67.7 cm³/mol. The number of hydrogen-bond acceptors (Lipinski definition) is 4. The average Bonchev–Trinajstić information content (AvgIpc) is 2.27. The average molecular weight is 251 g/mol. The van der Waals surface area contributed by atoms with E-state index in [9.17, 15) is 9.90 Å². The van der Waals surface area contributed by atoms with Gasteiger partial charge in [0.15, 0.2) is 0 Å². The molecule has 1 rings (SSSR count). The van der Waals surface area contributed by atoms with Gasteiger partial charge in [-0.3, -0.25) is 4.79 Å².